The third kappa shape index (κ3) is 3.98. The molecule has 0 saturated carbocycles. The van der Waals surface area contributed by atoms with Crippen LogP contribution in [0.3, 0.4) is 0 Å². The van der Waals surface area contributed by atoms with Crippen molar-refractivity contribution in [2.45, 2.75) is 30.2 Å². The molecule has 144 valence electrons. The smallest absolute Gasteiger partial charge is 0.244 e. The minimum atomic E-state index is -4.17. The van der Waals surface area contributed by atoms with Crippen molar-refractivity contribution in [2.24, 2.45) is 0 Å². The molecule has 1 heterocycles. The Bertz CT molecular complexity index is 919. The first-order valence-electron chi connectivity index (χ1n) is 7.86. The van der Waals surface area contributed by atoms with Crippen LogP contribution in [-0.2, 0) is 24.8 Å². The molecule has 1 fully saturated rings. The van der Waals surface area contributed by atoms with Gasteiger partial charge in [-0.2, -0.15) is 9.57 Å². The molecule has 26 heavy (non-hydrogen) atoms. The third-order valence-corrected chi connectivity index (χ3v) is 7.55. The standard InChI is InChI=1S/C15H20FN3O5S2/c1-3-8-25(20,21)18-14-5-4-12(9-13(14)16)26(22,23)19(2)15(10-17)6-7-24-11-15/h4-5,9,18H,3,6-8,11H2,1-2H3/t15-/m0/s1. The van der Waals surface area contributed by atoms with E-state index in [1.807, 2.05) is 6.07 Å². The zero-order valence-electron chi connectivity index (χ0n) is 14.4. The van der Waals surface area contributed by atoms with E-state index in [0.717, 1.165) is 22.5 Å². The summed E-state index contributed by atoms with van der Waals surface area (Å²) in [7, 11) is -6.64. The molecule has 1 aromatic rings. The molecule has 0 spiro atoms. The van der Waals surface area contributed by atoms with Crippen LogP contribution in [0.25, 0.3) is 0 Å². The zero-order valence-corrected chi connectivity index (χ0v) is 16.0. The first kappa shape index (κ1) is 20.6. The molecule has 8 nitrogen and oxygen atoms in total. The van der Waals surface area contributed by atoms with Gasteiger partial charge < -0.3 is 4.74 Å². The number of nitrogens with one attached hydrogen (secondary N) is 1. The number of hydrogen-bond acceptors (Lipinski definition) is 6. The maximum atomic E-state index is 14.3. The molecular weight excluding hydrogens is 385 g/mol. The monoisotopic (exact) mass is 405 g/mol. The number of sulfonamides is 2. The Morgan fingerprint density at radius 3 is 2.58 bits per heavy atom. The van der Waals surface area contributed by atoms with Gasteiger partial charge in [0.1, 0.15) is 11.4 Å². The van der Waals surface area contributed by atoms with Gasteiger partial charge in [-0.05, 0) is 24.6 Å². The highest BCUT2D eigenvalue weighted by Gasteiger charge is 2.45. The Morgan fingerprint density at radius 2 is 2.08 bits per heavy atom. The summed E-state index contributed by atoms with van der Waals surface area (Å²) in [6, 6.07) is 4.84. The quantitative estimate of drug-likeness (QED) is 0.730. The summed E-state index contributed by atoms with van der Waals surface area (Å²) < 4.78 is 71.4. The number of benzene rings is 1. The molecule has 1 atom stereocenters. The van der Waals surface area contributed by atoms with Gasteiger partial charge in [-0.3, -0.25) is 4.72 Å². The fourth-order valence-electron chi connectivity index (χ4n) is 2.58. The van der Waals surface area contributed by atoms with Crippen molar-refractivity contribution >= 4 is 25.7 Å². The van der Waals surface area contributed by atoms with Gasteiger partial charge >= 0.3 is 0 Å². The average Bonchev–Trinajstić information content (AvgIpc) is 3.05. The van der Waals surface area contributed by atoms with E-state index < -0.39 is 31.4 Å². The minimum absolute atomic E-state index is 0.0728. The fourth-order valence-corrected chi connectivity index (χ4v) is 5.17. The highest BCUT2D eigenvalue weighted by atomic mass is 32.2. The molecule has 0 radical (unpaired) electrons. The number of rotatable bonds is 7. The molecule has 11 heteroatoms. The van der Waals surface area contributed by atoms with Gasteiger partial charge in [0, 0.05) is 20.1 Å². The van der Waals surface area contributed by atoms with Crippen LogP contribution < -0.4 is 4.72 Å². The largest absolute Gasteiger partial charge is 0.378 e. The van der Waals surface area contributed by atoms with E-state index in [1.54, 1.807) is 6.92 Å². The first-order chi connectivity index (χ1) is 12.1. The van der Waals surface area contributed by atoms with Crippen molar-refractivity contribution in [3.63, 3.8) is 0 Å². The number of halogens is 1. The minimum Gasteiger partial charge on any atom is -0.378 e. The van der Waals surface area contributed by atoms with Gasteiger partial charge in [0.25, 0.3) is 0 Å². The van der Waals surface area contributed by atoms with Crippen LogP contribution in [0.15, 0.2) is 23.1 Å². The molecule has 0 bridgehead atoms. The van der Waals surface area contributed by atoms with Crippen LogP contribution in [0, 0.1) is 17.1 Å². The SMILES string of the molecule is CCCS(=O)(=O)Nc1ccc(S(=O)(=O)N(C)[C@]2(C#N)CCOC2)cc1F. The zero-order chi connectivity index (χ0) is 19.6. The lowest BCUT2D eigenvalue weighted by Crippen LogP contribution is -2.49. The molecule has 0 aromatic heterocycles. The van der Waals surface area contributed by atoms with Crippen LogP contribution in [0.4, 0.5) is 10.1 Å². The second kappa shape index (κ2) is 7.48. The molecule has 1 N–H and O–H groups in total. The van der Waals surface area contributed by atoms with E-state index >= 15 is 0 Å². The van der Waals surface area contributed by atoms with Crippen molar-refractivity contribution in [2.75, 3.05) is 30.7 Å². The summed E-state index contributed by atoms with van der Waals surface area (Å²) in [6.07, 6.45) is 0.559. The summed E-state index contributed by atoms with van der Waals surface area (Å²) in [5, 5.41) is 9.39. The van der Waals surface area contributed by atoms with E-state index in [1.165, 1.54) is 7.05 Å². The Labute approximate surface area is 152 Å². The molecule has 1 aromatic carbocycles. The average molecular weight is 405 g/mol. The molecule has 0 amide bonds. The van der Waals surface area contributed by atoms with Crippen molar-refractivity contribution in [1.82, 2.24) is 4.31 Å². The van der Waals surface area contributed by atoms with E-state index in [2.05, 4.69) is 4.72 Å². The fraction of sp³-hybridized carbons (Fsp3) is 0.533. The molecule has 1 aliphatic rings. The molecule has 1 aliphatic heterocycles. The second-order valence-corrected chi connectivity index (χ2v) is 9.79. The van der Waals surface area contributed by atoms with Crippen LogP contribution in [0.5, 0.6) is 0 Å². The van der Waals surface area contributed by atoms with Crippen LogP contribution in [-0.4, -0.2) is 52.7 Å². The van der Waals surface area contributed by atoms with E-state index in [4.69, 9.17) is 4.74 Å². The summed E-state index contributed by atoms with van der Waals surface area (Å²) >= 11 is 0. The van der Waals surface area contributed by atoms with Crippen molar-refractivity contribution in [3.05, 3.63) is 24.0 Å². The van der Waals surface area contributed by atoms with Crippen LogP contribution >= 0.6 is 0 Å². The number of nitrogens with zero attached hydrogens (tertiary/aromatic N) is 2. The maximum Gasteiger partial charge on any atom is 0.244 e. The van der Waals surface area contributed by atoms with Gasteiger partial charge in [0.2, 0.25) is 20.0 Å². The highest BCUT2D eigenvalue weighted by Crippen LogP contribution is 2.31. The number of likely N-dealkylation sites (N-methyl/N-ethyl adjacent to an activating group) is 1. The van der Waals surface area contributed by atoms with E-state index in [9.17, 15) is 26.5 Å². The molecule has 1 saturated heterocycles. The van der Waals surface area contributed by atoms with Crippen LogP contribution in [0.2, 0.25) is 0 Å². The summed E-state index contributed by atoms with van der Waals surface area (Å²) in [5.74, 6) is -1.20. The van der Waals surface area contributed by atoms with E-state index in [-0.39, 0.29) is 36.0 Å². The number of anilines is 1. The van der Waals surface area contributed by atoms with E-state index in [0.29, 0.717) is 6.42 Å². The molecular formula is C15H20FN3O5S2. The molecule has 2 rings (SSSR count). The van der Waals surface area contributed by atoms with Gasteiger partial charge in [0.05, 0.1) is 29.0 Å². The van der Waals surface area contributed by atoms with Crippen molar-refractivity contribution in [1.29, 1.82) is 5.26 Å². The lowest BCUT2D eigenvalue weighted by molar-refractivity contribution is 0.162. The summed E-state index contributed by atoms with van der Waals surface area (Å²) in [6.45, 7) is 1.84. The Morgan fingerprint density at radius 1 is 1.38 bits per heavy atom. The Hall–Kier alpha value is -1.74. The Kier molecular flexibility index (Phi) is 5.92. The second-order valence-electron chi connectivity index (χ2n) is 5.98. The van der Waals surface area contributed by atoms with Gasteiger partial charge in [0.15, 0.2) is 0 Å². The molecule has 0 unspecified atom stereocenters. The summed E-state index contributed by atoms with van der Waals surface area (Å²) in [5.41, 5.74) is -1.68. The van der Waals surface area contributed by atoms with Gasteiger partial charge in [-0.25, -0.2) is 21.2 Å². The lowest BCUT2D eigenvalue weighted by atomic mass is 10.0. The maximum absolute atomic E-state index is 14.3. The Balaban J connectivity index is 2.34. The number of hydrogen-bond donors (Lipinski definition) is 1. The summed E-state index contributed by atoms with van der Waals surface area (Å²) in [4.78, 5) is -0.377. The predicted molar refractivity (Wildman–Crippen MR) is 92.8 cm³/mol. The highest BCUT2D eigenvalue weighted by molar-refractivity contribution is 7.92. The van der Waals surface area contributed by atoms with Crippen molar-refractivity contribution in [3.8, 4) is 6.07 Å². The normalized spacial score (nSPS) is 20.9. The first-order valence-corrected chi connectivity index (χ1v) is 11.0. The lowest BCUT2D eigenvalue weighted by Gasteiger charge is -2.30. The number of ether oxygens (including phenoxy) is 1. The predicted octanol–water partition coefficient (Wildman–Crippen LogP) is 1.28. The third-order valence-electron chi connectivity index (χ3n) is 4.15. The van der Waals surface area contributed by atoms with Gasteiger partial charge in [-0.1, -0.05) is 6.92 Å². The van der Waals surface area contributed by atoms with Crippen LogP contribution in [0.1, 0.15) is 19.8 Å². The van der Waals surface area contributed by atoms with Gasteiger partial charge in [-0.15, -0.1) is 0 Å². The van der Waals surface area contributed by atoms with Crippen molar-refractivity contribution < 1.29 is 26.0 Å². The molecule has 0 aliphatic carbocycles. The topological polar surface area (TPSA) is 117 Å². The number of nitriles is 1.